The number of aliphatic hydroxyl groups is 1. The molecule has 3 unspecified atom stereocenters. The van der Waals surface area contributed by atoms with E-state index in [2.05, 4.69) is 0 Å². The molecule has 110 valence electrons. The van der Waals surface area contributed by atoms with Crippen LogP contribution in [0.3, 0.4) is 0 Å². The first-order valence-electron chi connectivity index (χ1n) is 7.26. The molecule has 3 rings (SSSR count). The van der Waals surface area contributed by atoms with Crippen LogP contribution < -0.4 is 0 Å². The Balaban J connectivity index is 1.79. The molecule has 3 atom stereocenters. The molecular formula is C16H21ClO2S. The van der Waals surface area contributed by atoms with Crippen LogP contribution in [0.15, 0.2) is 18.2 Å². The highest BCUT2D eigenvalue weighted by atomic mass is 35.5. The Hall–Kier alpha value is -0.220. The van der Waals surface area contributed by atoms with Gasteiger partial charge in [0.25, 0.3) is 0 Å². The maximum atomic E-state index is 10.8. The van der Waals surface area contributed by atoms with E-state index in [4.69, 9.17) is 16.3 Å². The third-order valence-corrected chi connectivity index (χ3v) is 6.31. The summed E-state index contributed by atoms with van der Waals surface area (Å²) >= 11 is 8.15. The maximum absolute atomic E-state index is 10.8. The van der Waals surface area contributed by atoms with E-state index in [1.165, 1.54) is 5.75 Å². The molecule has 2 nitrogen and oxygen atoms in total. The highest BCUT2D eigenvalue weighted by Crippen LogP contribution is 2.44. The second-order valence-corrected chi connectivity index (χ2v) is 7.50. The van der Waals surface area contributed by atoms with E-state index in [1.54, 1.807) is 0 Å². The van der Waals surface area contributed by atoms with Crippen molar-refractivity contribution in [1.82, 2.24) is 0 Å². The lowest BCUT2D eigenvalue weighted by Gasteiger charge is -2.39. The quantitative estimate of drug-likeness (QED) is 0.895. The van der Waals surface area contributed by atoms with Crippen molar-refractivity contribution in [2.45, 2.75) is 37.9 Å². The molecule has 1 spiro atoms. The Morgan fingerprint density at radius 2 is 2.35 bits per heavy atom. The van der Waals surface area contributed by atoms with E-state index in [0.717, 1.165) is 47.8 Å². The summed E-state index contributed by atoms with van der Waals surface area (Å²) in [5, 5.41) is 11.5. The summed E-state index contributed by atoms with van der Waals surface area (Å²) in [5.41, 5.74) is 1.99. The SMILES string of the molecule is Cc1c(Cl)cccc1C(O)C1CCOC2(CCSC2)C1. The lowest BCUT2D eigenvalue weighted by molar-refractivity contribution is -0.102. The normalized spacial score (nSPS) is 31.6. The van der Waals surface area contributed by atoms with Crippen LogP contribution in [-0.2, 0) is 4.74 Å². The van der Waals surface area contributed by atoms with Crippen molar-refractivity contribution in [3.8, 4) is 0 Å². The molecular weight excluding hydrogens is 292 g/mol. The number of thioether (sulfide) groups is 1. The molecule has 0 bridgehead atoms. The molecule has 0 amide bonds. The van der Waals surface area contributed by atoms with Crippen LogP contribution in [0.25, 0.3) is 0 Å². The van der Waals surface area contributed by atoms with Gasteiger partial charge in [-0.3, -0.25) is 0 Å². The summed E-state index contributed by atoms with van der Waals surface area (Å²) in [7, 11) is 0. The Kier molecular flexibility index (Phi) is 4.32. The number of hydrogen-bond donors (Lipinski definition) is 1. The minimum Gasteiger partial charge on any atom is -0.388 e. The Morgan fingerprint density at radius 3 is 3.10 bits per heavy atom. The third-order valence-electron chi connectivity index (χ3n) is 4.67. The predicted octanol–water partition coefficient (Wildman–Crippen LogP) is 3.98. The van der Waals surface area contributed by atoms with E-state index in [9.17, 15) is 5.11 Å². The van der Waals surface area contributed by atoms with E-state index in [0.29, 0.717) is 0 Å². The number of aliphatic hydroxyl groups excluding tert-OH is 1. The molecule has 0 radical (unpaired) electrons. The molecule has 20 heavy (non-hydrogen) atoms. The van der Waals surface area contributed by atoms with Gasteiger partial charge in [0.2, 0.25) is 0 Å². The van der Waals surface area contributed by atoms with Crippen molar-refractivity contribution in [2.75, 3.05) is 18.1 Å². The topological polar surface area (TPSA) is 29.5 Å². The first kappa shape index (κ1) is 14.7. The van der Waals surface area contributed by atoms with Gasteiger partial charge in [0.1, 0.15) is 0 Å². The van der Waals surface area contributed by atoms with Crippen LogP contribution in [0.1, 0.15) is 36.5 Å². The average Bonchev–Trinajstić information content (AvgIpc) is 2.89. The minimum atomic E-state index is -0.430. The van der Waals surface area contributed by atoms with Gasteiger partial charge in [-0.2, -0.15) is 11.8 Å². The van der Waals surface area contributed by atoms with E-state index < -0.39 is 6.10 Å². The second-order valence-electron chi connectivity index (χ2n) is 5.99. The fourth-order valence-electron chi connectivity index (χ4n) is 3.40. The summed E-state index contributed by atoms with van der Waals surface area (Å²) in [5.74, 6) is 2.53. The van der Waals surface area contributed by atoms with E-state index >= 15 is 0 Å². The van der Waals surface area contributed by atoms with Crippen LogP contribution in [-0.4, -0.2) is 28.8 Å². The average molecular weight is 313 g/mol. The molecule has 1 aromatic carbocycles. The molecule has 2 aliphatic rings. The monoisotopic (exact) mass is 312 g/mol. The molecule has 2 heterocycles. The zero-order valence-electron chi connectivity index (χ0n) is 11.8. The van der Waals surface area contributed by atoms with Gasteiger partial charge in [0, 0.05) is 17.4 Å². The number of hydrogen-bond acceptors (Lipinski definition) is 3. The fourth-order valence-corrected chi connectivity index (χ4v) is 4.96. The van der Waals surface area contributed by atoms with Crippen LogP contribution in [0.4, 0.5) is 0 Å². The van der Waals surface area contributed by atoms with Crippen LogP contribution >= 0.6 is 23.4 Å². The molecule has 1 N–H and O–H groups in total. The van der Waals surface area contributed by atoms with E-state index in [-0.39, 0.29) is 11.5 Å². The van der Waals surface area contributed by atoms with Crippen molar-refractivity contribution in [3.63, 3.8) is 0 Å². The standard InChI is InChI=1S/C16H21ClO2S/c1-11-13(3-2-4-14(11)17)15(18)12-5-7-19-16(9-12)6-8-20-10-16/h2-4,12,15,18H,5-10H2,1H3. The van der Waals surface area contributed by atoms with Crippen molar-refractivity contribution in [2.24, 2.45) is 5.92 Å². The van der Waals surface area contributed by atoms with Crippen molar-refractivity contribution in [1.29, 1.82) is 0 Å². The molecule has 2 fully saturated rings. The zero-order valence-corrected chi connectivity index (χ0v) is 13.3. The molecule has 2 saturated heterocycles. The Morgan fingerprint density at radius 1 is 1.50 bits per heavy atom. The number of rotatable bonds is 2. The van der Waals surface area contributed by atoms with Crippen LogP contribution in [0, 0.1) is 12.8 Å². The van der Waals surface area contributed by atoms with Crippen LogP contribution in [0.2, 0.25) is 5.02 Å². The Bertz CT molecular complexity index is 485. The maximum Gasteiger partial charge on any atom is 0.0823 e. The summed E-state index contributed by atoms with van der Waals surface area (Å²) in [6.45, 7) is 2.75. The zero-order chi connectivity index (χ0) is 14.2. The predicted molar refractivity (Wildman–Crippen MR) is 84.5 cm³/mol. The minimum absolute atomic E-state index is 0.0149. The summed E-state index contributed by atoms with van der Waals surface area (Å²) < 4.78 is 6.04. The van der Waals surface area contributed by atoms with Gasteiger partial charge in [-0.1, -0.05) is 23.7 Å². The molecule has 1 aromatic rings. The van der Waals surface area contributed by atoms with Gasteiger partial charge < -0.3 is 9.84 Å². The number of halogens is 1. The molecule has 0 saturated carbocycles. The second kappa shape index (κ2) is 5.88. The van der Waals surface area contributed by atoms with E-state index in [1.807, 2.05) is 36.9 Å². The van der Waals surface area contributed by atoms with Gasteiger partial charge >= 0.3 is 0 Å². The fraction of sp³-hybridized carbons (Fsp3) is 0.625. The highest BCUT2D eigenvalue weighted by Gasteiger charge is 2.42. The summed E-state index contributed by atoms with van der Waals surface area (Å²) in [6, 6.07) is 5.80. The molecule has 0 aromatic heterocycles. The lowest BCUT2D eigenvalue weighted by Crippen LogP contribution is -2.41. The largest absolute Gasteiger partial charge is 0.388 e. The smallest absolute Gasteiger partial charge is 0.0823 e. The highest BCUT2D eigenvalue weighted by molar-refractivity contribution is 7.99. The Labute approximate surface area is 129 Å². The molecule has 4 heteroatoms. The van der Waals surface area contributed by atoms with Crippen molar-refractivity contribution in [3.05, 3.63) is 34.3 Å². The summed E-state index contributed by atoms with van der Waals surface area (Å²) in [4.78, 5) is 0. The number of benzene rings is 1. The summed E-state index contributed by atoms with van der Waals surface area (Å²) in [6.07, 6.45) is 2.59. The third kappa shape index (κ3) is 2.74. The lowest BCUT2D eigenvalue weighted by atomic mass is 9.79. The van der Waals surface area contributed by atoms with Gasteiger partial charge in [0.05, 0.1) is 11.7 Å². The van der Waals surface area contributed by atoms with Gasteiger partial charge in [-0.05, 0) is 55.1 Å². The molecule has 0 aliphatic carbocycles. The van der Waals surface area contributed by atoms with Crippen molar-refractivity contribution < 1.29 is 9.84 Å². The first-order valence-corrected chi connectivity index (χ1v) is 8.79. The van der Waals surface area contributed by atoms with Crippen LogP contribution in [0.5, 0.6) is 0 Å². The van der Waals surface area contributed by atoms with Gasteiger partial charge in [-0.15, -0.1) is 0 Å². The number of ether oxygens (including phenoxy) is 1. The molecule has 2 aliphatic heterocycles. The van der Waals surface area contributed by atoms with Gasteiger partial charge in [-0.25, -0.2) is 0 Å². The van der Waals surface area contributed by atoms with Gasteiger partial charge in [0.15, 0.2) is 0 Å². The van der Waals surface area contributed by atoms with Crippen molar-refractivity contribution >= 4 is 23.4 Å². The first-order chi connectivity index (χ1) is 9.61.